The molecule has 4 N–H and O–H groups in total. The highest BCUT2D eigenvalue weighted by molar-refractivity contribution is 6.30. The molecule has 2 amide bonds. The summed E-state index contributed by atoms with van der Waals surface area (Å²) in [6.07, 6.45) is 0. The average molecular weight is 284 g/mol. The van der Waals surface area contributed by atoms with Crippen LogP contribution in [-0.2, 0) is 9.59 Å². The van der Waals surface area contributed by atoms with Gasteiger partial charge in [-0.05, 0) is 31.2 Å². The number of hydrogen-bond donors (Lipinski definition) is 3. The van der Waals surface area contributed by atoms with Crippen molar-refractivity contribution in [3.8, 4) is 0 Å². The van der Waals surface area contributed by atoms with Gasteiger partial charge in [-0.15, -0.1) is 0 Å². The summed E-state index contributed by atoms with van der Waals surface area (Å²) in [7, 11) is 0. The van der Waals surface area contributed by atoms with Crippen molar-refractivity contribution >= 4 is 29.1 Å². The zero-order valence-corrected chi connectivity index (χ0v) is 11.7. The van der Waals surface area contributed by atoms with Crippen LogP contribution in [-0.4, -0.2) is 24.4 Å². The van der Waals surface area contributed by atoms with Crippen molar-refractivity contribution in [3.63, 3.8) is 0 Å². The molecule has 0 saturated carbocycles. The highest BCUT2D eigenvalue weighted by Gasteiger charge is 2.17. The fourth-order valence-electron chi connectivity index (χ4n) is 1.31. The van der Waals surface area contributed by atoms with Crippen LogP contribution in [0.25, 0.3) is 0 Å². The van der Waals surface area contributed by atoms with E-state index in [9.17, 15) is 9.59 Å². The first-order chi connectivity index (χ1) is 8.90. The fourth-order valence-corrected chi connectivity index (χ4v) is 1.43. The summed E-state index contributed by atoms with van der Waals surface area (Å²) in [4.78, 5) is 23.2. The first-order valence-electron chi connectivity index (χ1n) is 5.99. The average Bonchev–Trinajstić information content (AvgIpc) is 2.37. The third-order valence-corrected chi connectivity index (χ3v) is 3.01. The van der Waals surface area contributed by atoms with Crippen LogP contribution in [0.4, 0.5) is 5.69 Å². The Morgan fingerprint density at radius 3 is 2.37 bits per heavy atom. The van der Waals surface area contributed by atoms with Gasteiger partial charge < -0.3 is 16.4 Å². The van der Waals surface area contributed by atoms with Crippen molar-refractivity contribution in [2.45, 2.75) is 19.9 Å². The summed E-state index contributed by atoms with van der Waals surface area (Å²) < 4.78 is 0. The van der Waals surface area contributed by atoms with E-state index in [1.165, 1.54) is 0 Å². The zero-order valence-electron chi connectivity index (χ0n) is 10.9. The molecule has 1 aromatic carbocycles. The van der Waals surface area contributed by atoms with Gasteiger partial charge in [0.2, 0.25) is 11.8 Å². The number of carbonyl (C=O) groups is 2. The van der Waals surface area contributed by atoms with Crippen molar-refractivity contribution in [1.82, 2.24) is 5.32 Å². The molecule has 0 aliphatic carbocycles. The monoisotopic (exact) mass is 283 g/mol. The lowest BCUT2D eigenvalue weighted by Crippen LogP contribution is -2.41. The summed E-state index contributed by atoms with van der Waals surface area (Å²) in [6, 6.07) is 6.47. The third kappa shape index (κ3) is 5.28. The van der Waals surface area contributed by atoms with Crippen molar-refractivity contribution in [2.75, 3.05) is 11.9 Å². The molecule has 0 saturated heterocycles. The molecule has 5 nitrogen and oxygen atoms in total. The molecule has 0 fully saturated rings. The molecule has 0 spiro atoms. The number of hydrogen-bond acceptors (Lipinski definition) is 3. The van der Waals surface area contributed by atoms with Crippen LogP contribution < -0.4 is 16.4 Å². The highest BCUT2D eigenvalue weighted by Crippen LogP contribution is 2.12. The molecular formula is C13H18ClN3O2. The second-order valence-electron chi connectivity index (χ2n) is 4.42. The maximum Gasteiger partial charge on any atom is 0.243 e. The molecule has 0 aliphatic heterocycles. The van der Waals surface area contributed by atoms with Crippen molar-refractivity contribution in [2.24, 2.45) is 11.7 Å². The van der Waals surface area contributed by atoms with E-state index in [1.807, 2.05) is 0 Å². The molecule has 6 heteroatoms. The van der Waals surface area contributed by atoms with Crippen LogP contribution in [0.5, 0.6) is 0 Å². The minimum absolute atomic E-state index is 0.0848. The Labute approximate surface area is 117 Å². The van der Waals surface area contributed by atoms with E-state index in [-0.39, 0.29) is 30.3 Å². The first kappa shape index (κ1) is 15.5. The maximum atomic E-state index is 11.6. The predicted molar refractivity (Wildman–Crippen MR) is 75.9 cm³/mol. The van der Waals surface area contributed by atoms with Crippen LogP contribution in [0.1, 0.15) is 13.8 Å². The molecule has 104 valence electrons. The van der Waals surface area contributed by atoms with Crippen molar-refractivity contribution in [1.29, 1.82) is 0 Å². The summed E-state index contributed by atoms with van der Waals surface area (Å²) >= 11 is 5.73. The molecule has 1 rings (SSSR count). The van der Waals surface area contributed by atoms with Gasteiger partial charge in [0, 0.05) is 22.7 Å². The Kier molecular flexibility index (Phi) is 5.79. The summed E-state index contributed by atoms with van der Waals surface area (Å²) in [5, 5.41) is 5.78. The second-order valence-corrected chi connectivity index (χ2v) is 4.86. The number of nitrogens with two attached hydrogens (primary N) is 1. The summed E-state index contributed by atoms with van der Waals surface area (Å²) in [6.45, 7) is 3.38. The molecule has 0 heterocycles. The topological polar surface area (TPSA) is 84.2 Å². The Balaban J connectivity index is 2.40. The van der Waals surface area contributed by atoms with Crippen LogP contribution in [0.15, 0.2) is 24.3 Å². The van der Waals surface area contributed by atoms with Crippen molar-refractivity contribution in [3.05, 3.63) is 29.3 Å². The van der Waals surface area contributed by atoms with Gasteiger partial charge in [-0.2, -0.15) is 0 Å². The van der Waals surface area contributed by atoms with Gasteiger partial charge in [0.25, 0.3) is 0 Å². The van der Waals surface area contributed by atoms with Gasteiger partial charge in [0.1, 0.15) is 0 Å². The van der Waals surface area contributed by atoms with Crippen LogP contribution in [0, 0.1) is 5.92 Å². The minimum Gasteiger partial charge on any atom is -0.347 e. The molecule has 19 heavy (non-hydrogen) atoms. The lowest BCUT2D eigenvalue weighted by atomic mass is 10.0. The zero-order chi connectivity index (χ0) is 14.4. The first-order valence-corrected chi connectivity index (χ1v) is 6.36. The lowest BCUT2D eigenvalue weighted by molar-refractivity contribution is -0.127. The van der Waals surface area contributed by atoms with Gasteiger partial charge in [-0.3, -0.25) is 9.59 Å². The predicted octanol–water partition coefficient (Wildman–Crippen LogP) is 1.38. The standard InChI is InChI=1S/C13H18ClN3O2/c1-8(9(2)15)13(19)16-7-12(18)17-11-5-3-10(14)4-6-11/h3-6,8-9H,7,15H2,1-2H3,(H,16,19)(H,17,18). The molecule has 0 bridgehead atoms. The Morgan fingerprint density at radius 1 is 1.26 bits per heavy atom. The summed E-state index contributed by atoms with van der Waals surface area (Å²) in [5.74, 6) is -0.864. The minimum atomic E-state index is -0.330. The number of benzene rings is 1. The maximum absolute atomic E-state index is 11.6. The Bertz CT molecular complexity index is 446. The second kappa shape index (κ2) is 7.11. The van der Waals surface area contributed by atoms with E-state index in [0.717, 1.165) is 0 Å². The number of anilines is 1. The van der Waals surface area contributed by atoms with E-state index < -0.39 is 0 Å². The van der Waals surface area contributed by atoms with Crippen LogP contribution in [0.3, 0.4) is 0 Å². The fraction of sp³-hybridized carbons (Fsp3) is 0.385. The Hall–Kier alpha value is -1.59. The van der Waals surface area contributed by atoms with Gasteiger partial charge >= 0.3 is 0 Å². The number of nitrogens with one attached hydrogen (secondary N) is 2. The Morgan fingerprint density at radius 2 is 1.84 bits per heavy atom. The SMILES string of the molecule is CC(N)C(C)C(=O)NCC(=O)Nc1ccc(Cl)cc1. The molecule has 0 radical (unpaired) electrons. The normalized spacial score (nSPS) is 13.5. The van der Waals surface area contributed by atoms with Crippen LogP contribution in [0.2, 0.25) is 5.02 Å². The van der Waals surface area contributed by atoms with Crippen LogP contribution >= 0.6 is 11.6 Å². The lowest BCUT2D eigenvalue weighted by Gasteiger charge is -2.15. The van der Waals surface area contributed by atoms with Crippen molar-refractivity contribution < 1.29 is 9.59 Å². The van der Waals surface area contributed by atoms with Gasteiger partial charge in [-0.25, -0.2) is 0 Å². The number of amides is 2. The van der Waals surface area contributed by atoms with E-state index in [2.05, 4.69) is 10.6 Å². The molecular weight excluding hydrogens is 266 g/mol. The van der Waals surface area contributed by atoms with E-state index in [1.54, 1.807) is 38.1 Å². The molecule has 0 aromatic heterocycles. The number of rotatable bonds is 5. The quantitative estimate of drug-likeness (QED) is 0.763. The molecule has 2 unspecified atom stereocenters. The molecule has 0 aliphatic rings. The molecule has 2 atom stereocenters. The summed E-state index contributed by atoms with van der Waals surface area (Å²) in [5.41, 5.74) is 6.24. The highest BCUT2D eigenvalue weighted by atomic mass is 35.5. The third-order valence-electron chi connectivity index (χ3n) is 2.75. The number of carbonyl (C=O) groups excluding carboxylic acids is 2. The van der Waals surface area contributed by atoms with E-state index in [4.69, 9.17) is 17.3 Å². The van der Waals surface area contributed by atoms with E-state index >= 15 is 0 Å². The van der Waals surface area contributed by atoms with Gasteiger partial charge in [0.05, 0.1) is 6.54 Å². The smallest absolute Gasteiger partial charge is 0.243 e. The number of halogens is 1. The van der Waals surface area contributed by atoms with Gasteiger partial charge in [-0.1, -0.05) is 18.5 Å². The largest absolute Gasteiger partial charge is 0.347 e. The van der Waals surface area contributed by atoms with E-state index in [0.29, 0.717) is 10.7 Å². The van der Waals surface area contributed by atoms with Gasteiger partial charge in [0.15, 0.2) is 0 Å². The molecule has 1 aromatic rings.